The molecular weight excluding hydrogens is 378 g/mol. The molecule has 154 valence electrons. The molecule has 0 amide bonds. The summed E-state index contributed by atoms with van der Waals surface area (Å²) in [7, 11) is 0. The van der Waals surface area contributed by atoms with Crippen molar-refractivity contribution in [2.45, 2.75) is 71.1 Å². The smallest absolute Gasteiger partial charge is 0.124 e. The van der Waals surface area contributed by atoms with E-state index in [2.05, 4.69) is 43.4 Å². The highest BCUT2D eigenvalue weighted by Gasteiger charge is 2.59. The van der Waals surface area contributed by atoms with Crippen LogP contribution in [0.1, 0.15) is 63.5 Å². The molecule has 0 radical (unpaired) electrons. The highest BCUT2D eigenvalue weighted by Crippen LogP contribution is 2.66. The second-order valence-electron chi connectivity index (χ2n) is 10.8. The van der Waals surface area contributed by atoms with Crippen LogP contribution < -0.4 is 10.1 Å². The molecule has 4 aliphatic carbocycles. The summed E-state index contributed by atoms with van der Waals surface area (Å²) < 4.78 is 6.19. The molecule has 4 atom stereocenters. The van der Waals surface area contributed by atoms with E-state index in [0.29, 0.717) is 23.0 Å². The Kier molecular flexibility index (Phi) is 4.71. The molecule has 2 unspecified atom stereocenters. The van der Waals surface area contributed by atoms with Gasteiger partial charge in [-0.3, -0.25) is 0 Å². The van der Waals surface area contributed by atoms with Gasteiger partial charge in [0, 0.05) is 28.2 Å². The van der Waals surface area contributed by atoms with Crippen LogP contribution in [0.25, 0.3) is 0 Å². The Labute approximate surface area is 180 Å². The normalized spacial score (nSPS) is 35.1. The molecule has 2 aromatic carbocycles. The van der Waals surface area contributed by atoms with Gasteiger partial charge in [0.1, 0.15) is 12.4 Å². The van der Waals surface area contributed by atoms with E-state index in [0.717, 1.165) is 28.8 Å². The molecular formula is C26H32ClNO. The number of halogens is 1. The Hall–Kier alpha value is -1.51. The number of nitrogens with one attached hydrogen (secondary N) is 1. The predicted octanol–water partition coefficient (Wildman–Crippen LogP) is 6.76. The Morgan fingerprint density at radius 1 is 0.897 bits per heavy atom. The molecule has 4 aliphatic rings. The first-order valence-corrected chi connectivity index (χ1v) is 11.4. The van der Waals surface area contributed by atoms with Crippen molar-refractivity contribution < 1.29 is 4.74 Å². The van der Waals surface area contributed by atoms with Gasteiger partial charge in [-0.05, 0) is 67.4 Å². The minimum absolute atomic E-state index is 0.304. The zero-order valence-corrected chi connectivity index (χ0v) is 18.4. The van der Waals surface area contributed by atoms with E-state index in [1.807, 2.05) is 24.3 Å². The van der Waals surface area contributed by atoms with Gasteiger partial charge in [0.15, 0.2) is 0 Å². The molecule has 1 N–H and O–H groups in total. The van der Waals surface area contributed by atoms with Crippen LogP contribution in [-0.2, 0) is 13.2 Å². The van der Waals surface area contributed by atoms with Gasteiger partial charge < -0.3 is 10.1 Å². The van der Waals surface area contributed by atoms with Gasteiger partial charge in [0.25, 0.3) is 0 Å². The van der Waals surface area contributed by atoms with Crippen molar-refractivity contribution in [3.63, 3.8) is 0 Å². The first kappa shape index (κ1) is 19.5. The standard InChI is InChI=1S/C26H32ClNO/c1-24-11-19-12-25(2,16-24)18-26(13-19,17-24)28-14-20-7-4-6-10-23(20)29-15-21-8-3-5-9-22(21)27/h3-10,19,28H,11-18H2,1-2H3/t19?,24-,25+,26?. The van der Waals surface area contributed by atoms with Crippen LogP contribution in [-0.4, -0.2) is 5.54 Å². The van der Waals surface area contributed by atoms with E-state index in [4.69, 9.17) is 16.3 Å². The lowest BCUT2D eigenvalue weighted by molar-refractivity contribution is -0.118. The van der Waals surface area contributed by atoms with Gasteiger partial charge in [0.05, 0.1) is 0 Å². The summed E-state index contributed by atoms with van der Waals surface area (Å²) in [5.74, 6) is 1.86. The van der Waals surface area contributed by atoms with Crippen molar-refractivity contribution in [2.24, 2.45) is 16.7 Å². The molecule has 4 fully saturated rings. The zero-order chi connectivity index (χ0) is 20.1. The van der Waals surface area contributed by atoms with E-state index in [-0.39, 0.29) is 0 Å². The van der Waals surface area contributed by atoms with E-state index in [9.17, 15) is 0 Å². The van der Waals surface area contributed by atoms with E-state index < -0.39 is 0 Å². The molecule has 29 heavy (non-hydrogen) atoms. The molecule has 3 heteroatoms. The minimum atomic E-state index is 0.304. The SMILES string of the molecule is C[C@]12CC3CC(NCc4ccccc4OCc4ccccc4Cl)(C1)C[C@@](C)(C3)C2. The van der Waals surface area contributed by atoms with Crippen molar-refractivity contribution in [1.82, 2.24) is 5.32 Å². The van der Waals surface area contributed by atoms with Crippen LogP contribution in [0.5, 0.6) is 5.75 Å². The van der Waals surface area contributed by atoms with Crippen LogP contribution in [0.15, 0.2) is 48.5 Å². The number of hydrogen-bond donors (Lipinski definition) is 1. The summed E-state index contributed by atoms with van der Waals surface area (Å²) in [6.45, 7) is 6.44. The van der Waals surface area contributed by atoms with Gasteiger partial charge >= 0.3 is 0 Å². The third-order valence-corrected chi connectivity index (χ3v) is 7.96. The van der Waals surface area contributed by atoms with Gasteiger partial charge in [0.2, 0.25) is 0 Å². The summed E-state index contributed by atoms with van der Waals surface area (Å²) in [6, 6.07) is 16.3. The van der Waals surface area contributed by atoms with Gasteiger partial charge in [-0.25, -0.2) is 0 Å². The first-order chi connectivity index (χ1) is 13.9. The average molecular weight is 410 g/mol. The number of rotatable bonds is 6. The average Bonchev–Trinajstić information content (AvgIpc) is 2.63. The second kappa shape index (κ2) is 7.03. The lowest BCUT2D eigenvalue weighted by Crippen LogP contribution is -2.63. The molecule has 0 heterocycles. The summed E-state index contributed by atoms with van der Waals surface area (Å²) in [4.78, 5) is 0. The summed E-state index contributed by atoms with van der Waals surface area (Å²) in [5, 5.41) is 4.80. The van der Waals surface area contributed by atoms with Crippen LogP contribution in [0.2, 0.25) is 5.02 Å². The predicted molar refractivity (Wildman–Crippen MR) is 119 cm³/mol. The van der Waals surface area contributed by atoms with E-state index in [1.165, 1.54) is 44.1 Å². The van der Waals surface area contributed by atoms with Crippen LogP contribution in [0, 0.1) is 16.7 Å². The monoisotopic (exact) mass is 409 g/mol. The minimum Gasteiger partial charge on any atom is -0.489 e. The summed E-state index contributed by atoms with van der Waals surface area (Å²) >= 11 is 6.30. The van der Waals surface area contributed by atoms with Crippen LogP contribution in [0.3, 0.4) is 0 Å². The van der Waals surface area contributed by atoms with Crippen molar-refractivity contribution in [3.8, 4) is 5.75 Å². The highest BCUT2D eigenvalue weighted by atomic mass is 35.5. The lowest BCUT2D eigenvalue weighted by Gasteiger charge is -2.65. The van der Waals surface area contributed by atoms with Gasteiger partial charge in [-0.1, -0.05) is 61.8 Å². The number of ether oxygens (including phenoxy) is 1. The number of hydrogen-bond acceptors (Lipinski definition) is 2. The number of para-hydroxylation sites is 1. The molecule has 2 aromatic rings. The fourth-order valence-corrected chi connectivity index (χ4v) is 7.68. The fourth-order valence-electron chi connectivity index (χ4n) is 7.49. The van der Waals surface area contributed by atoms with Crippen molar-refractivity contribution in [3.05, 3.63) is 64.7 Å². The highest BCUT2D eigenvalue weighted by molar-refractivity contribution is 6.31. The van der Waals surface area contributed by atoms with Gasteiger partial charge in [-0.2, -0.15) is 0 Å². The third-order valence-electron chi connectivity index (χ3n) is 7.59. The van der Waals surface area contributed by atoms with Crippen molar-refractivity contribution in [2.75, 3.05) is 0 Å². The molecule has 0 aliphatic heterocycles. The fraction of sp³-hybridized carbons (Fsp3) is 0.538. The molecule has 6 rings (SSSR count). The maximum Gasteiger partial charge on any atom is 0.124 e. The molecule has 0 aromatic heterocycles. The molecule has 4 saturated carbocycles. The second-order valence-corrected chi connectivity index (χ2v) is 11.2. The van der Waals surface area contributed by atoms with E-state index in [1.54, 1.807) is 0 Å². The molecule has 2 nitrogen and oxygen atoms in total. The molecule has 0 saturated heterocycles. The van der Waals surface area contributed by atoms with E-state index >= 15 is 0 Å². The largest absolute Gasteiger partial charge is 0.489 e. The van der Waals surface area contributed by atoms with Crippen molar-refractivity contribution in [1.29, 1.82) is 0 Å². The van der Waals surface area contributed by atoms with Gasteiger partial charge in [-0.15, -0.1) is 0 Å². The quantitative estimate of drug-likeness (QED) is 0.569. The number of benzene rings is 2. The first-order valence-electron chi connectivity index (χ1n) is 11.1. The van der Waals surface area contributed by atoms with Crippen LogP contribution in [0.4, 0.5) is 0 Å². The maximum atomic E-state index is 6.30. The van der Waals surface area contributed by atoms with Crippen molar-refractivity contribution >= 4 is 11.6 Å². The Morgan fingerprint density at radius 2 is 1.55 bits per heavy atom. The van der Waals surface area contributed by atoms with Crippen LogP contribution >= 0.6 is 11.6 Å². The summed E-state index contributed by atoms with van der Waals surface area (Å²) in [5.41, 5.74) is 3.63. The summed E-state index contributed by atoms with van der Waals surface area (Å²) in [6.07, 6.45) is 8.29. The Morgan fingerprint density at radius 3 is 2.24 bits per heavy atom. The Bertz CT molecular complexity index is 891. The molecule has 0 spiro atoms. The lowest BCUT2D eigenvalue weighted by atomic mass is 9.43. The molecule has 4 bridgehead atoms. The third kappa shape index (κ3) is 3.82. The topological polar surface area (TPSA) is 21.3 Å². The zero-order valence-electron chi connectivity index (χ0n) is 17.6. The maximum absolute atomic E-state index is 6.30. The Balaban J connectivity index is 1.30.